The van der Waals surface area contributed by atoms with Crippen molar-refractivity contribution in [2.45, 2.75) is 58.9 Å². The number of fused-ring (bicyclic) bond motifs is 1. The molecule has 0 spiro atoms. The summed E-state index contributed by atoms with van der Waals surface area (Å²) in [4.78, 5) is 21.1. The quantitative estimate of drug-likeness (QED) is 0.548. The van der Waals surface area contributed by atoms with Gasteiger partial charge in [-0.1, -0.05) is 32.1 Å². The van der Waals surface area contributed by atoms with Crippen LogP contribution < -0.4 is 4.74 Å². The Kier molecular flexibility index (Phi) is 5.96. The monoisotopic (exact) mass is 412 g/mol. The normalized spacial score (nSPS) is 14.9. The van der Waals surface area contributed by atoms with Crippen LogP contribution in [-0.4, -0.2) is 49.2 Å². The molecule has 0 saturated heterocycles. The molecular weight excluding hydrogens is 384 g/mol. The first-order valence-corrected chi connectivity index (χ1v) is 10.6. The summed E-state index contributed by atoms with van der Waals surface area (Å²) >= 11 is 0. The van der Waals surface area contributed by atoms with Gasteiger partial charge in [0.25, 0.3) is 5.95 Å². The van der Waals surface area contributed by atoms with Gasteiger partial charge in [0.1, 0.15) is 11.0 Å². The Bertz CT molecular complexity index is 1030. The number of carbonyl (C=O) groups excluding carboxylic acids is 1. The van der Waals surface area contributed by atoms with Gasteiger partial charge in [-0.15, -0.1) is 0 Å². The minimum atomic E-state index is -0.427. The van der Waals surface area contributed by atoms with E-state index in [4.69, 9.17) is 14.6 Å². The lowest BCUT2D eigenvalue weighted by molar-refractivity contribution is 0.0526. The van der Waals surface area contributed by atoms with Crippen LogP contribution in [0.5, 0.6) is 5.88 Å². The number of hydrogen-bond acceptors (Lipinski definition) is 7. The third-order valence-electron chi connectivity index (χ3n) is 5.68. The topological polar surface area (TPSA) is 96.9 Å². The van der Waals surface area contributed by atoms with Crippen molar-refractivity contribution in [2.75, 3.05) is 13.7 Å². The molecule has 0 bridgehead atoms. The summed E-state index contributed by atoms with van der Waals surface area (Å²) in [6, 6.07) is 0. The fourth-order valence-electron chi connectivity index (χ4n) is 4.13. The summed E-state index contributed by atoms with van der Waals surface area (Å²) in [5.41, 5.74) is 2.69. The maximum Gasteiger partial charge on any atom is 0.341 e. The van der Waals surface area contributed by atoms with Gasteiger partial charge in [0.15, 0.2) is 0 Å². The molecule has 3 heterocycles. The molecule has 3 aromatic heterocycles. The lowest BCUT2D eigenvalue weighted by Crippen LogP contribution is -2.11. The fraction of sp³-hybridized carbons (Fsp3) is 0.571. The molecule has 4 rings (SSSR count). The van der Waals surface area contributed by atoms with E-state index in [0.717, 1.165) is 35.6 Å². The zero-order valence-electron chi connectivity index (χ0n) is 17.8. The molecule has 9 nitrogen and oxygen atoms in total. The van der Waals surface area contributed by atoms with E-state index >= 15 is 0 Å². The van der Waals surface area contributed by atoms with E-state index in [1.165, 1.54) is 43.0 Å². The third-order valence-corrected chi connectivity index (χ3v) is 5.68. The van der Waals surface area contributed by atoms with Crippen LogP contribution in [0.1, 0.15) is 61.5 Å². The minimum Gasteiger partial charge on any atom is -0.479 e. The zero-order chi connectivity index (χ0) is 21.1. The first-order chi connectivity index (χ1) is 14.6. The van der Waals surface area contributed by atoms with Gasteiger partial charge < -0.3 is 9.47 Å². The number of carbonyl (C=O) groups is 1. The lowest BCUT2D eigenvalue weighted by atomic mass is 9.87. The van der Waals surface area contributed by atoms with E-state index in [2.05, 4.69) is 15.1 Å². The van der Waals surface area contributed by atoms with Crippen molar-refractivity contribution in [3.8, 4) is 11.8 Å². The van der Waals surface area contributed by atoms with E-state index in [1.54, 1.807) is 20.2 Å². The highest BCUT2D eigenvalue weighted by Crippen LogP contribution is 2.29. The molecule has 0 N–H and O–H groups in total. The smallest absolute Gasteiger partial charge is 0.341 e. The maximum absolute atomic E-state index is 11.9. The molecule has 1 aliphatic rings. The van der Waals surface area contributed by atoms with Gasteiger partial charge in [-0.05, 0) is 26.2 Å². The molecule has 0 atom stereocenters. The molecule has 3 aromatic rings. The second-order valence-corrected chi connectivity index (χ2v) is 7.73. The van der Waals surface area contributed by atoms with Crippen molar-refractivity contribution in [1.82, 2.24) is 29.5 Å². The van der Waals surface area contributed by atoms with Crippen molar-refractivity contribution in [2.24, 2.45) is 5.92 Å². The van der Waals surface area contributed by atoms with Crippen LogP contribution in [0.2, 0.25) is 0 Å². The Morgan fingerprint density at radius 2 is 2.03 bits per heavy atom. The van der Waals surface area contributed by atoms with Crippen LogP contribution in [0.15, 0.2) is 12.4 Å². The first kappa shape index (κ1) is 20.3. The number of hydrogen-bond donors (Lipinski definition) is 0. The van der Waals surface area contributed by atoms with Crippen LogP contribution in [-0.2, 0) is 11.3 Å². The predicted octanol–water partition coefficient (Wildman–Crippen LogP) is 3.48. The molecule has 9 heteroatoms. The molecule has 1 aliphatic carbocycles. The highest BCUT2D eigenvalue weighted by atomic mass is 16.5. The summed E-state index contributed by atoms with van der Waals surface area (Å²) in [6.45, 7) is 4.82. The number of rotatable bonds is 7. The van der Waals surface area contributed by atoms with Crippen LogP contribution >= 0.6 is 0 Å². The van der Waals surface area contributed by atoms with Gasteiger partial charge in [-0.3, -0.25) is 4.68 Å². The Balaban J connectivity index is 1.64. The molecule has 0 amide bonds. The summed E-state index contributed by atoms with van der Waals surface area (Å²) in [5, 5.41) is 8.92. The molecule has 0 radical (unpaired) electrons. The van der Waals surface area contributed by atoms with Gasteiger partial charge in [0.2, 0.25) is 5.88 Å². The third kappa shape index (κ3) is 4.01. The number of nitrogens with zero attached hydrogens (tertiary/aromatic N) is 6. The zero-order valence-corrected chi connectivity index (χ0v) is 17.8. The fourth-order valence-corrected chi connectivity index (χ4v) is 4.13. The number of aryl methyl sites for hydroxylation is 2. The Hall–Kier alpha value is -2.97. The molecule has 0 unspecified atom stereocenters. The van der Waals surface area contributed by atoms with Crippen molar-refractivity contribution in [3.63, 3.8) is 0 Å². The number of aromatic nitrogens is 6. The van der Waals surface area contributed by atoms with Crippen molar-refractivity contribution in [1.29, 1.82) is 0 Å². The standard InChI is InChI=1S/C21H28N6O3/c1-4-30-20(28)16-12-22-27(13-16)21-23-17-14(2)25-26(18(17)19(24-21)29-3)11-10-15-8-6-5-7-9-15/h12-13,15H,4-11H2,1-3H3. The summed E-state index contributed by atoms with van der Waals surface area (Å²) in [5.74, 6) is 1.11. The average Bonchev–Trinajstić information content (AvgIpc) is 3.38. The van der Waals surface area contributed by atoms with E-state index in [-0.39, 0.29) is 0 Å². The van der Waals surface area contributed by atoms with E-state index < -0.39 is 5.97 Å². The second kappa shape index (κ2) is 8.81. The molecule has 1 saturated carbocycles. The van der Waals surface area contributed by atoms with E-state index in [9.17, 15) is 4.79 Å². The summed E-state index contributed by atoms with van der Waals surface area (Å²) in [6.07, 6.45) is 10.7. The molecule has 0 aromatic carbocycles. The van der Waals surface area contributed by atoms with Gasteiger partial charge in [0, 0.05) is 12.7 Å². The van der Waals surface area contributed by atoms with Crippen molar-refractivity contribution < 1.29 is 14.3 Å². The molecular formula is C21H28N6O3. The van der Waals surface area contributed by atoms with Gasteiger partial charge in [0.05, 0.1) is 31.2 Å². The van der Waals surface area contributed by atoms with Gasteiger partial charge in [-0.25, -0.2) is 14.5 Å². The van der Waals surface area contributed by atoms with Gasteiger partial charge >= 0.3 is 5.97 Å². The van der Waals surface area contributed by atoms with Crippen LogP contribution in [0.3, 0.4) is 0 Å². The van der Waals surface area contributed by atoms with E-state index in [0.29, 0.717) is 24.0 Å². The number of esters is 1. The Morgan fingerprint density at radius 3 is 2.77 bits per heavy atom. The van der Waals surface area contributed by atoms with Crippen molar-refractivity contribution >= 4 is 17.0 Å². The summed E-state index contributed by atoms with van der Waals surface area (Å²) in [7, 11) is 1.59. The van der Waals surface area contributed by atoms with Crippen LogP contribution in [0, 0.1) is 12.8 Å². The second-order valence-electron chi connectivity index (χ2n) is 7.73. The minimum absolute atomic E-state index is 0.305. The lowest BCUT2D eigenvalue weighted by Gasteiger charge is -2.21. The SMILES string of the molecule is CCOC(=O)c1cnn(-c2nc(OC)c3c(n2)c(C)nn3CCC2CCCCC2)c1. The molecule has 30 heavy (non-hydrogen) atoms. The highest BCUT2D eigenvalue weighted by molar-refractivity contribution is 5.89. The molecule has 0 aliphatic heterocycles. The predicted molar refractivity (Wildman–Crippen MR) is 111 cm³/mol. The van der Waals surface area contributed by atoms with Crippen LogP contribution in [0.4, 0.5) is 0 Å². The van der Waals surface area contributed by atoms with Crippen molar-refractivity contribution in [3.05, 3.63) is 23.7 Å². The Morgan fingerprint density at radius 1 is 1.23 bits per heavy atom. The van der Waals surface area contributed by atoms with E-state index in [1.807, 2.05) is 11.6 Å². The highest BCUT2D eigenvalue weighted by Gasteiger charge is 2.21. The average molecular weight is 412 g/mol. The summed E-state index contributed by atoms with van der Waals surface area (Å²) < 4.78 is 14.0. The Labute approximate surface area is 175 Å². The maximum atomic E-state index is 11.9. The number of ether oxygens (including phenoxy) is 2. The first-order valence-electron chi connectivity index (χ1n) is 10.6. The van der Waals surface area contributed by atoms with Gasteiger partial charge in [-0.2, -0.15) is 15.2 Å². The van der Waals surface area contributed by atoms with Crippen LogP contribution in [0.25, 0.3) is 17.0 Å². The largest absolute Gasteiger partial charge is 0.479 e. The number of methoxy groups -OCH3 is 1. The molecule has 160 valence electrons. The molecule has 1 fully saturated rings.